The molecule has 0 fully saturated rings. The average Bonchev–Trinajstić information content (AvgIpc) is 3.61. The van der Waals surface area contributed by atoms with Gasteiger partial charge < -0.3 is 24.8 Å². The molecule has 3 aromatic carbocycles. The maximum absolute atomic E-state index is 12.7. The summed E-state index contributed by atoms with van der Waals surface area (Å²) in [4.78, 5) is 34.1. The second-order valence-electron chi connectivity index (χ2n) is 9.10. The monoisotopic (exact) mass is 550 g/mol. The number of imidazole rings is 1. The van der Waals surface area contributed by atoms with Gasteiger partial charge in [0.15, 0.2) is 5.95 Å². The van der Waals surface area contributed by atoms with Gasteiger partial charge in [-0.2, -0.15) is 13.2 Å². The molecule has 2 aromatic heterocycles. The zero-order valence-electron chi connectivity index (χ0n) is 21.1. The fourth-order valence-electron chi connectivity index (χ4n) is 4.65. The van der Waals surface area contributed by atoms with Crippen molar-refractivity contribution in [3.05, 3.63) is 90.4 Å². The van der Waals surface area contributed by atoms with Crippen molar-refractivity contribution in [3.63, 3.8) is 0 Å². The third-order valence-electron chi connectivity index (χ3n) is 6.45. The van der Waals surface area contributed by atoms with Gasteiger partial charge in [-0.1, -0.05) is 42.5 Å². The molecular weight excluding hydrogens is 525 g/mol. The van der Waals surface area contributed by atoms with Gasteiger partial charge in [-0.15, -0.1) is 0 Å². The van der Waals surface area contributed by atoms with E-state index in [0.717, 1.165) is 33.7 Å². The first-order chi connectivity index (χ1) is 19.3. The molecule has 0 radical (unpaired) electrons. The number of halogens is 3. The SMILES string of the molecule is O=C(CC(c1cccc2ccccc12)c1c[nH]c2cc(OCCCNc3ncc[nH]3)ccc12)OC(=O)C(F)(F)F. The number of rotatable bonds is 10. The molecule has 1 atom stereocenters. The molecule has 0 saturated carbocycles. The molecule has 0 aliphatic rings. The summed E-state index contributed by atoms with van der Waals surface area (Å²) in [5, 5.41) is 5.65. The predicted molar refractivity (Wildman–Crippen MR) is 143 cm³/mol. The summed E-state index contributed by atoms with van der Waals surface area (Å²) in [5.74, 6) is -3.16. The predicted octanol–water partition coefficient (Wildman–Crippen LogP) is 6.08. The molecule has 40 heavy (non-hydrogen) atoms. The van der Waals surface area contributed by atoms with Crippen molar-refractivity contribution in [2.24, 2.45) is 0 Å². The molecule has 5 rings (SSSR count). The highest BCUT2D eigenvalue weighted by molar-refractivity contribution is 5.93. The largest absolute Gasteiger partial charge is 0.493 e. The van der Waals surface area contributed by atoms with Crippen molar-refractivity contribution in [2.75, 3.05) is 18.5 Å². The quantitative estimate of drug-likeness (QED) is 0.111. The minimum Gasteiger partial charge on any atom is -0.493 e. The van der Waals surface area contributed by atoms with Crippen molar-refractivity contribution in [2.45, 2.75) is 24.9 Å². The summed E-state index contributed by atoms with van der Waals surface area (Å²) in [6.45, 7) is 1.13. The molecular formula is C29H25F3N4O4. The lowest BCUT2D eigenvalue weighted by Gasteiger charge is -2.19. The van der Waals surface area contributed by atoms with E-state index < -0.39 is 30.5 Å². The van der Waals surface area contributed by atoms with Crippen LogP contribution in [0.5, 0.6) is 5.75 Å². The van der Waals surface area contributed by atoms with Crippen LogP contribution in [-0.4, -0.2) is 46.2 Å². The van der Waals surface area contributed by atoms with E-state index in [-0.39, 0.29) is 0 Å². The molecule has 0 amide bonds. The first-order valence-corrected chi connectivity index (χ1v) is 12.6. The minimum absolute atomic E-state index is 0.463. The third-order valence-corrected chi connectivity index (χ3v) is 6.45. The Kier molecular flexibility index (Phi) is 7.72. The fourth-order valence-corrected chi connectivity index (χ4v) is 4.65. The highest BCUT2D eigenvalue weighted by atomic mass is 19.4. The summed E-state index contributed by atoms with van der Waals surface area (Å²) in [6.07, 6.45) is 0.104. The van der Waals surface area contributed by atoms with Gasteiger partial charge in [0, 0.05) is 48.0 Å². The summed E-state index contributed by atoms with van der Waals surface area (Å²) in [6, 6.07) is 18.5. The average molecular weight is 551 g/mol. The third kappa shape index (κ3) is 6.09. The molecule has 0 saturated heterocycles. The lowest BCUT2D eigenvalue weighted by Crippen LogP contribution is -2.28. The van der Waals surface area contributed by atoms with E-state index in [2.05, 4.69) is 25.0 Å². The summed E-state index contributed by atoms with van der Waals surface area (Å²) < 4.78 is 48.3. The molecule has 0 aliphatic heterocycles. The van der Waals surface area contributed by atoms with Gasteiger partial charge in [0.1, 0.15) is 5.75 Å². The summed E-state index contributed by atoms with van der Waals surface area (Å²) in [7, 11) is 0. The van der Waals surface area contributed by atoms with E-state index >= 15 is 0 Å². The zero-order valence-corrected chi connectivity index (χ0v) is 21.1. The Labute approximate surface area is 226 Å². The van der Waals surface area contributed by atoms with E-state index in [1.54, 1.807) is 24.7 Å². The number of fused-ring (bicyclic) bond motifs is 2. The molecule has 8 nitrogen and oxygen atoms in total. The topological polar surface area (TPSA) is 109 Å². The van der Waals surface area contributed by atoms with Crippen molar-refractivity contribution in [3.8, 4) is 5.75 Å². The van der Waals surface area contributed by atoms with E-state index in [1.165, 1.54) is 0 Å². The number of benzene rings is 3. The van der Waals surface area contributed by atoms with Gasteiger partial charge in [0.05, 0.1) is 13.0 Å². The molecule has 11 heteroatoms. The Bertz CT molecular complexity index is 1620. The number of aromatic nitrogens is 3. The number of nitrogens with zero attached hydrogens (tertiary/aromatic N) is 1. The van der Waals surface area contributed by atoms with Crippen LogP contribution in [0.2, 0.25) is 0 Å². The number of ether oxygens (including phenoxy) is 2. The van der Waals surface area contributed by atoms with Crippen LogP contribution in [0.4, 0.5) is 19.1 Å². The van der Waals surface area contributed by atoms with Crippen LogP contribution in [0.15, 0.2) is 79.3 Å². The minimum atomic E-state index is -5.27. The Hall–Kier alpha value is -4.80. The number of alkyl halides is 3. The summed E-state index contributed by atoms with van der Waals surface area (Å²) in [5.41, 5.74) is 2.13. The first kappa shape index (κ1) is 26.8. The Morgan fingerprint density at radius 3 is 2.60 bits per heavy atom. The van der Waals surface area contributed by atoms with E-state index in [4.69, 9.17) is 4.74 Å². The van der Waals surface area contributed by atoms with Crippen molar-refractivity contribution >= 4 is 39.6 Å². The number of H-pyrrole nitrogens is 2. The van der Waals surface area contributed by atoms with E-state index in [0.29, 0.717) is 30.4 Å². The summed E-state index contributed by atoms with van der Waals surface area (Å²) >= 11 is 0. The molecule has 206 valence electrons. The molecule has 3 N–H and O–H groups in total. The number of nitrogens with one attached hydrogen (secondary N) is 3. The zero-order chi connectivity index (χ0) is 28.1. The van der Waals surface area contributed by atoms with Crippen LogP contribution >= 0.6 is 0 Å². The van der Waals surface area contributed by atoms with Crippen LogP contribution in [0, 0.1) is 0 Å². The highest BCUT2D eigenvalue weighted by Gasteiger charge is 2.42. The highest BCUT2D eigenvalue weighted by Crippen LogP contribution is 2.38. The lowest BCUT2D eigenvalue weighted by atomic mass is 9.85. The normalized spacial score (nSPS) is 12.4. The van der Waals surface area contributed by atoms with Gasteiger partial charge >= 0.3 is 18.1 Å². The van der Waals surface area contributed by atoms with Gasteiger partial charge in [-0.3, -0.25) is 4.79 Å². The molecule has 1 unspecified atom stereocenters. The lowest BCUT2D eigenvalue weighted by molar-refractivity contribution is -0.201. The second-order valence-corrected chi connectivity index (χ2v) is 9.10. The molecule has 5 aromatic rings. The molecule has 2 heterocycles. The fraction of sp³-hybridized carbons (Fsp3) is 0.207. The van der Waals surface area contributed by atoms with Gasteiger partial charge in [0.2, 0.25) is 0 Å². The number of aromatic amines is 2. The van der Waals surface area contributed by atoms with Crippen LogP contribution in [0.3, 0.4) is 0 Å². The Morgan fingerprint density at radius 1 is 0.975 bits per heavy atom. The molecule has 0 spiro atoms. The molecule has 0 bridgehead atoms. The molecule has 0 aliphatic carbocycles. The van der Waals surface area contributed by atoms with Gasteiger partial charge in [0.25, 0.3) is 0 Å². The maximum Gasteiger partial charge on any atom is 0.491 e. The number of hydrogen-bond acceptors (Lipinski definition) is 6. The standard InChI is InChI=1S/C29H25F3N4O4/c30-29(31,32)27(38)40-26(37)16-23(21-8-3-6-18-5-1-2-7-20(18)21)24-17-36-25-15-19(9-10-22(24)25)39-14-4-11-33-28-34-12-13-35-28/h1-3,5-10,12-13,15,17,23,36H,4,11,14,16H2,(H2,33,34,35). The van der Waals surface area contributed by atoms with Crippen LogP contribution in [0.1, 0.15) is 29.9 Å². The number of hydrogen-bond donors (Lipinski definition) is 3. The first-order valence-electron chi connectivity index (χ1n) is 12.6. The van der Waals surface area contributed by atoms with Crippen molar-refractivity contribution < 1.29 is 32.2 Å². The Morgan fingerprint density at radius 2 is 1.80 bits per heavy atom. The van der Waals surface area contributed by atoms with E-state index in [9.17, 15) is 22.8 Å². The number of esters is 2. The van der Waals surface area contributed by atoms with Crippen LogP contribution in [-0.2, 0) is 14.3 Å². The smallest absolute Gasteiger partial charge is 0.491 e. The number of carbonyl (C=O) groups is 2. The van der Waals surface area contributed by atoms with E-state index in [1.807, 2.05) is 54.6 Å². The number of carbonyl (C=O) groups excluding carboxylic acids is 2. The van der Waals surface area contributed by atoms with Gasteiger partial charge in [-0.05, 0) is 40.5 Å². The van der Waals surface area contributed by atoms with Crippen LogP contribution in [0.25, 0.3) is 21.7 Å². The van der Waals surface area contributed by atoms with Crippen molar-refractivity contribution in [1.82, 2.24) is 15.0 Å². The second kappa shape index (κ2) is 11.5. The number of anilines is 1. The Balaban J connectivity index is 1.38. The van der Waals surface area contributed by atoms with Crippen LogP contribution < -0.4 is 10.1 Å². The van der Waals surface area contributed by atoms with Crippen molar-refractivity contribution in [1.29, 1.82) is 0 Å². The van der Waals surface area contributed by atoms with Gasteiger partial charge in [-0.25, -0.2) is 9.78 Å². The maximum atomic E-state index is 12.7.